The predicted molar refractivity (Wildman–Crippen MR) is 77.4 cm³/mol. The zero-order valence-electron chi connectivity index (χ0n) is 10.8. The number of carboxylic acids is 1. The lowest BCUT2D eigenvalue weighted by molar-refractivity contribution is -0.137. The van der Waals surface area contributed by atoms with Crippen LogP contribution in [0, 0.1) is 5.82 Å². The van der Waals surface area contributed by atoms with Gasteiger partial charge in [-0.3, -0.25) is 4.79 Å². The lowest BCUT2D eigenvalue weighted by atomic mass is 9.96. The number of carbonyl (C=O) groups is 1. The maximum atomic E-state index is 14.0. The largest absolute Gasteiger partial charge is 0.481 e. The van der Waals surface area contributed by atoms with Crippen LogP contribution in [0.3, 0.4) is 0 Å². The van der Waals surface area contributed by atoms with Gasteiger partial charge in [0.25, 0.3) is 0 Å². The minimum Gasteiger partial charge on any atom is -0.481 e. The van der Waals surface area contributed by atoms with Gasteiger partial charge in [-0.1, -0.05) is 35.9 Å². The van der Waals surface area contributed by atoms with E-state index in [0.29, 0.717) is 23.4 Å². The van der Waals surface area contributed by atoms with Crippen molar-refractivity contribution < 1.29 is 14.3 Å². The Hall–Kier alpha value is -1.87. The maximum Gasteiger partial charge on any atom is 0.303 e. The van der Waals surface area contributed by atoms with Crippen LogP contribution in [0.5, 0.6) is 0 Å². The zero-order valence-corrected chi connectivity index (χ0v) is 11.5. The first-order valence-corrected chi connectivity index (χ1v) is 6.71. The number of benzene rings is 2. The van der Waals surface area contributed by atoms with Crippen molar-refractivity contribution in [1.29, 1.82) is 0 Å². The highest BCUT2D eigenvalue weighted by atomic mass is 35.5. The third kappa shape index (κ3) is 3.58. The van der Waals surface area contributed by atoms with Gasteiger partial charge in [0.15, 0.2) is 0 Å². The van der Waals surface area contributed by atoms with E-state index >= 15 is 0 Å². The standard InChI is InChI=1S/C16H14ClFO2/c17-12-8-9-14(15(18)10-12)13-6-2-1-4-11(13)5-3-7-16(19)20/h1-2,4,6,8-10H,3,5,7H2,(H,19,20). The van der Waals surface area contributed by atoms with Crippen LogP contribution in [0.2, 0.25) is 5.02 Å². The zero-order chi connectivity index (χ0) is 14.5. The Morgan fingerprint density at radius 1 is 1.15 bits per heavy atom. The molecule has 20 heavy (non-hydrogen) atoms. The lowest BCUT2D eigenvalue weighted by Gasteiger charge is -2.10. The number of rotatable bonds is 5. The van der Waals surface area contributed by atoms with Crippen LogP contribution >= 0.6 is 11.6 Å². The van der Waals surface area contributed by atoms with Crippen LogP contribution < -0.4 is 0 Å². The fourth-order valence-electron chi connectivity index (χ4n) is 2.14. The van der Waals surface area contributed by atoms with Gasteiger partial charge in [-0.25, -0.2) is 4.39 Å². The highest BCUT2D eigenvalue weighted by Gasteiger charge is 2.10. The minimum absolute atomic E-state index is 0.109. The summed E-state index contributed by atoms with van der Waals surface area (Å²) in [6, 6.07) is 12.0. The summed E-state index contributed by atoms with van der Waals surface area (Å²) in [6.45, 7) is 0. The van der Waals surface area contributed by atoms with E-state index in [1.165, 1.54) is 6.07 Å². The van der Waals surface area contributed by atoms with Crippen molar-refractivity contribution in [3.8, 4) is 11.1 Å². The summed E-state index contributed by atoms with van der Waals surface area (Å²) in [6.07, 6.45) is 1.24. The number of hydrogen-bond acceptors (Lipinski definition) is 1. The number of carboxylic acid groups (broad SMARTS) is 1. The van der Waals surface area contributed by atoms with E-state index in [4.69, 9.17) is 16.7 Å². The third-order valence-corrected chi connectivity index (χ3v) is 3.31. The summed E-state index contributed by atoms with van der Waals surface area (Å²) in [4.78, 5) is 10.6. The molecule has 0 spiro atoms. The Morgan fingerprint density at radius 3 is 2.60 bits per heavy atom. The van der Waals surface area contributed by atoms with Crippen molar-refractivity contribution in [2.24, 2.45) is 0 Å². The quantitative estimate of drug-likeness (QED) is 0.877. The second-order valence-electron chi connectivity index (χ2n) is 4.53. The van der Waals surface area contributed by atoms with Crippen molar-refractivity contribution in [2.45, 2.75) is 19.3 Å². The van der Waals surface area contributed by atoms with E-state index in [-0.39, 0.29) is 12.2 Å². The first-order chi connectivity index (χ1) is 9.58. The van der Waals surface area contributed by atoms with Gasteiger partial charge < -0.3 is 5.11 Å². The molecule has 0 aliphatic carbocycles. The van der Waals surface area contributed by atoms with Crippen LogP contribution in [0.4, 0.5) is 4.39 Å². The summed E-state index contributed by atoms with van der Waals surface area (Å²) in [5.41, 5.74) is 2.21. The first-order valence-electron chi connectivity index (χ1n) is 6.33. The molecule has 104 valence electrons. The Bertz CT molecular complexity index is 626. The molecule has 4 heteroatoms. The Labute approximate surface area is 121 Å². The molecule has 0 aliphatic rings. The van der Waals surface area contributed by atoms with Gasteiger partial charge in [-0.2, -0.15) is 0 Å². The highest BCUT2D eigenvalue weighted by Crippen LogP contribution is 2.29. The summed E-state index contributed by atoms with van der Waals surface area (Å²) in [7, 11) is 0. The average Bonchev–Trinajstić information content (AvgIpc) is 2.39. The number of aliphatic carboxylic acids is 1. The van der Waals surface area contributed by atoms with Gasteiger partial charge in [0.05, 0.1) is 0 Å². The molecule has 1 N–H and O–H groups in total. The SMILES string of the molecule is O=C(O)CCCc1ccccc1-c1ccc(Cl)cc1F. The molecule has 2 nitrogen and oxygen atoms in total. The van der Waals surface area contributed by atoms with Crippen molar-refractivity contribution >= 4 is 17.6 Å². The summed E-state index contributed by atoms with van der Waals surface area (Å²) < 4.78 is 14.0. The molecule has 0 radical (unpaired) electrons. The molecule has 0 saturated heterocycles. The average molecular weight is 293 g/mol. The smallest absolute Gasteiger partial charge is 0.303 e. The van der Waals surface area contributed by atoms with Crippen LogP contribution in [0.15, 0.2) is 42.5 Å². The van der Waals surface area contributed by atoms with E-state index in [2.05, 4.69) is 0 Å². The first kappa shape index (κ1) is 14.5. The molecular formula is C16H14ClFO2. The molecule has 0 saturated carbocycles. The molecule has 0 fully saturated rings. The van der Waals surface area contributed by atoms with Gasteiger partial charge in [0.1, 0.15) is 5.82 Å². The third-order valence-electron chi connectivity index (χ3n) is 3.08. The molecule has 0 amide bonds. The second-order valence-corrected chi connectivity index (χ2v) is 4.97. The van der Waals surface area contributed by atoms with Crippen LogP contribution in [0.25, 0.3) is 11.1 Å². The summed E-state index contributed by atoms with van der Waals surface area (Å²) in [5, 5.41) is 9.03. The van der Waals surface area contributed by atoms with Crippen LogP contribution in [-0.4, -0.2) is 11.1 Å². The molecule has 2 aromatic carbocycles. The number of aryl methyl sites for hydroxylation is 1. The number of hydrogen-bond donors (Lipinski definition) is 1. The van der Waals surface area contributed by atoms with E-state index in [0.717, 1.165) is 11.1 Å². The molecule has 0 bridgehead atoms. The van der Waals surface area contributed by atoms with Gasteiger partial charge in [-0.15, -0.1) is 0 Å². The fraction of sp³-hybridized carbons (Fsp3) is 0.188. The van der Waals surface area contributed by atoms with E-state index in [9.17, 15) is 9.18 Å². The minimum atomic E-state index is -0.819. The molecule has 0 unspecified atom stereocenters. The van der Waals surface area contributed by atoms with Crippen molar-refractivity contribution in [3.63, 3.8) is 0 Å². The van der Waals surface area contributed by atoms with Crippen LogP contribution in [0.1, 0.15) is 18.4 Å². The van der Waals surface area contributed by atoms with Crippen molar-refractivity contribution in [1.82, 2.24) is 0 Å². The molecular weight excluding hydrogens is 279 g/mol. The second kappa shape index (κ2) is 6.53. The predicted octanol–water partition coefficient (Wildman–Crippen LogP) is 4.55. The van der Waals surface area contributed by atoms with Crippen molar-refractivity contribution in [3.05, 3.63) is 58.9 Å². The molecule has 0 atom stereocenters. The van der Waals surface area contributed by atoms with Gasteiger partial charge >= 0.3 is 5.97 Å². The Morgan fingerprint density at radius 2 is 1.90 bits per heavy atom. The molecule has 2 aromatic rings. The van der Waals surface area contributed by atoms with E-state index in [1.807, 2.05) is 24.3 Å². The van der Waals surface area contributed by atoms with Gasteiger partial charge in [0.2, 0.25) is 0 Å². The lowest BCUT2D eigenvalue weighted by Crippen LogP contribution is -1.97. The molecule has 2 rings (SSSR count). The Kier molecular flexibility index (Phi) is 4.74. The molecule has 0 aliphatic heterocycles. The maximum absolute atomic E-state index is 14.0. The monoisotopic (exact) mass is 292 g/mol. The van der Waals surface area contributed by atoms with E-state index in [1.54, 1.807) is 12.1 Å². The highest BCUT2D eigenvalue weighted by molar-refractivity contribution is 6.30. The van der Waals surface area contributed by atoms with Gasteiger partial charge in [-0.05, 0) is 42.2 Å². The number of halogens is 2. The summed E-state index contributed by atoms with van der Waals surface area (Å²) >= 11 is 5.76. The molecule has 0 aromatic heterocycles. The van der Waals surface area contributed by atoms with Crippen LogP contribution in [-0.2, 0) is 11.2 Å². The molecule has 0 heterocycles. The normalized spacial score (nSPS) is 10.5. The van der Waals surface area contributed by atoms with Gasteiger partial charge in [0, 0.05) is 17.0 Å². The van der Waals surface area contributed by atoms with E-state index < -0.39 is 5.97 Å². The Balaban J connectivity index is 2.29. The van der Waals surface area contributed by atoms with Crippen molar-refractivity contribution in [2.75, 3.05) is 0 Å². The summed E-state index contributed by atoms with van der Waals surface area (Å²) in [5.74, 6) is -1.19. The fourth-order valence-corrected chi connectivity index (χ4v) is 2.30. The topological polar surface area (TPSA) is 37.3 Å².